The van der Waals surface area contributed by atoms with Gasteiger partial charge in [0.25, 0.3) is 0 Å². The van der Waals surface area contributed by atoms with Gasteiger partial charge in [-0.3, -0.25) is 0 Å². The maximum atomic E-state index is 13.7. The van der Waals surface area contributed by atoms with Gasteiger partial charge in [0.1, 0.15) is 12.4 Å². The number of ether oxygens (including phenoxy) is 1. The van der Waals surface area contributed by atoms with E-state index >= 15 is 0 Å². The Morgan fingerprint density at radius 2 is 1.68 bits per heavy atom. The fourth-order valence-corrected chi connectivity index (χ4v) is 2.72. The number of halogens is 2. The number of benzene rings is 3. The lowest BCUT2D eigenvalue weighted by Crippen LogP contribution is -1.96. The lowest BCUT2D eigenvalue weighted by Gasteiger charge is -2.09. The van der Waals surface area contributed by atoms with Crippen molar-refractivity contribution in [1.82, 2.24) is 0 Å². The minimum atomic E-state index is -0.837. The highest BCUT2D eigenvalue weighted by Gasteiger charge is 2.07. The summed E-state index contributed by atoms with van der Waals surface area (Å²) in [5, 5.41) is 0.883. The molecule has 0 saturated heterocycles. The normalized spacial score (nSPS) is 11.3. The molecule has 3 aromatic carbocycles. The van der Waals surface area contributed by atoms with Gasteiger partial charge in [-0.15, -0.1) is 0 Å². The lowest BCUT2D eigenvalue weighted by molar-refractivity contribution is 0.306. The summed E-state index contributed by atoms with van der Waals surface area (Å²) in [5.41, 5.74) is 2.37. The summed E-state index contributed by atoms with van der Waals surface area (Å²) in [6.07, 6.45) is 6.29. The van der Waals surface area contributed by atoms with E-state index in [0.717, 1.165) is 24.5 Å². The Hall–Kier alpha value is -2.68. The molecule has 0 atom stereocenters. The van der Waals surface area contributed by atoms with Gasteiger partial charge in [0.15, 0.2) is 11.6 Å². The van der Waals surface area contributed by atoms with E-state index in [1.807, 2.05) is 6.92 Å². The Balaban J connectivity index is 1.65. The summed E-state index contributed by atoms with van der Waals surface area (Å²) in [4.78, 5) is 0. The zero-order chi connectivity index (χ0) is 17.6. The van der Waals surface area contributed by atoms with Gasteiger partial charge in [0, 0.05) is 5.39 Å². The Morgan fingerprint density at radius 1 is 0.920 bits per heavy atom. The summed E-state index contributed by atoms with van der Waals surface area (Å²) >= 11 is 0. The van der Waals surface area contributed by atoms with Crippen LogP contribution in [0.3, 0.4) is 0 Å². The molecule has 0 spiro atoms. The molecule has 0 aromatic heterocycles. The zero-order valence-electron chi connectivity index (χ0n) is 14.1. The molecule has 0 radical (unpaired) electrons. The number of hydrogen-bond acceptors (Lipinski definition) is 1. The highest BCUT2D eigenvalue weighted by atomic mass is 19.2. The topological polar surface area (TPSA) is 9.23 Å². The average Bonchev–Trinajstić information content (AvgIpc) is 2.64. The molecule has 3 heteroatoms. The second-order valence-corrected chi connectivity index (χ2v) is 5.96. The van der Waals surface area contributed by atoms with Gasteiger partial charge in [-0.1, -0.05) is 42.5 Å². The molecule has 25 heavy (non-hydrogen) atoms. The van der Waals surface area contributed by atoms with Crippen LogP contribution in [0.5, 0.6) is 5.75 Å². The molecule has 0 unspecified atom stereocenters. The molecule has 3 aromatic rings. The van der Waals surface area contributed by atoms with Gasteiger partial charge >= 0.3 is 0 Å². The van der Waals surface area contributed by atoms with Crippen LogP contribution in [0.25, 0.3) is 10.8 Å². The zero-order valence-corrected chi connectivity index (χ0v) is 14.1. The van der Waals surface area contributed by atoms with Crippen molar-refractivity contribution in [2.24, 2.45) is 0 Å². The number of allylic oxidation sites excluding steroid dienone is 2. The molecule has 3 rings (SSSR count). The number of fused-ring (bicyclic) bond motifs is 1. The van der Waals surface area contributed by atoms with E-state index in [4.69, 9.17) is 4.74 Å². The van der Waals surface area contributed by atoms with Gasteiger partial charge in [-0.2, -0.15) is 0 Å². The third kappa shape index (κ3) is 4.24. The van der Waals surface area contributed by atoms with E-state index in [1.54, 1.807) is 24.3 Å². The Bertz CT molecular complexity index is 882. The van der Waals surface area contributed by atoms with Gasteiger partial charge in [0.05, 0.1) is 0 Å². The van der Waals surface area contributed by atoms with Crippen LogP contribution in [-0.4, -0.2) is 0 Å². The molecule has 128 valence electrons. The standard InChI is InChI=1S/C22H20F2O/c1-2-3-4-5-16-6-8-17(9-7-16)15-25-19-11-12-20-18(14-19)10-13-21(23)22(20)24/h2-3,6-14H,4-5,15H2,1H3/b3-2+. The average molecular weight is 338 g/mol. The molecule has 0 bridgehead atoms. The predicted octanol–water partition coefficient (Wildman–Crippen LogP) is 6.21. The largest absolute Gasteiger partial charge is 0.489 e. The highest BCUT2D eigenvalue weighted by Crippen LogP contribution is 2.25. The summed E-state index contributed by atoms with van der Waals surface area (Å²) in [6, 6.07) is 16.0. The van der Waals surface area contributed by atoms with Crippen molar-refractivity contribution in [3.63, 3.8) is 0 Å². The quantitative estimate of drug-likeness (QED) is 0.486. The lowest BCUT2D eigenvalue weighted by atomic mass is 10.1. The molecule has 0 fully saturated rings. The van der Waals surface area contributed by atoms with Crippen LogP contribution in [-0.2, 0) is 13.0 Å². The molecule has 0 N–H and O–H groups in total. The summed E-state index contributed by atoms with van der Waals surface area (Å²) in [6.45, 7) is 2.46. The maximum absolute atomic E-state index is 13.7. The Morgan fingerprint density at radius 3 is 2.44 bits per heavy atom. The molecule has 0 aliphatic heterocycles. The van der Waals surface area contributed by atoms with Crippen LogP contribution in [0.1, 0.15) is 24.5 Å². The van der Waals surface area contributed by atoms with Gasteiger partial charge in [0.2, 0.25) is 0 Å². The summed E-state index contributed by atoms with van der Waals surface area (Å²) in [5.74, 6) is -1.02. The van der Waals surface area contributed by atoms with Crippen LogP contribution >= 0.6 is 0 Å². The van der Waals surface area contributed by atoms with Crippen molar-refractivity contribution in [2.45, 2.75) is 26.4 Å². The van der Waals surface area contributed by atoms with Crippen LogP contribution < -0.4 is 4.74 Å². The third-order valence-corrected chi connectivity index (χ3v) is 4.14. The van der Waals surface area contributed by atoms with Crippen molar-refractivity contribution in [3.8, 4) is 5.75 Å². The monoisotopic (exact) mass is 338 g/mol. The fourth-order valence-electron chi connectivity index (χ4n) is 2.72. The smallest absolute Gasteiger partial charge is 0.166 e. The highest BCUT2D eigenvalue weighted by molar-refractivity contribution is 5.84. The Labute approximate surface area is 146 Å². The van der Waals surface area contributed by atoms with Crippen molar-refractivity contribution >= 4 is 10.8 Å². The van der Waals surface area contributed by atoms with Crippen LogP contribution in [0.15, 0.2) is 66.7 Å². The second kappa shape index (κ2) is 7.93. The Kier molecular flexibility index (Phi) is 5.44. The minimum Gasteiger partial charge on any atom is -0.489 e. The second-order valence-electron chi connectivity index (χ2n) is 5.96. The van der Waals surface area contributed by atoms with Crippen LogP contribution in [0, 0.1) is 11.6 Å². The molecule has 0 aliphatic carbocycles. The molecule has 0 aliphatic rings. The van der Waals surface area contributed by atoms with Crippen LogP contribution in [0.4, 0.5) is 8.78 Å². The van der Waals surface area contributed by atoms with Gasteiger partial charge < -0.3 is 4.74 Å². The van der Waals surface area contributed by atoms with E-state index in [0.29, 0.717) is 17.7 Å². The van der Waals surface area contributed by atoms with Gasteiger partial charge in [-0.25, -0.2) is 8.78 Å². The molecule has 0 saturated carbocycles. The molecule has 1 nitrogen and oxygen atoms in total. The van der Waals surface area contributed by atoms with E-state index in [9.17, 15) is 8.78 Å². The predicted molar refractivity (Wildman–Crippen MR) is 97.8 cm³/mol. The van der Waals surface area contributed by atoms with Crippen molar-refractivity contribution in [1.29, 1.82) is 0 Å². The SMILES string of the molecule is C/C=C/CCc1ccc(COc2ccc3c(F)c(F)ccc3c2)cc1. The summed E-state index contributed by atoms with van der Waals surface area (Å²) in [7, 11) is 0. The number of rotatable bonds is 6. The first-order chi connectivity index (χ1) is 12.2. The fraction of sp³-hybridized carbons (Fsp3) is 0.182. The molecule has 0 amide bonds. The first-order valence-corrected chi connectivity index (χ1v) is 8.37. The third-order valence-electron chi connectivity index (χ3n) is 4.14. The van der Waals surface area contributed by atoms with E-state index in [-0.39, 0.29) is 5.39 Å². The maximum Gasteiger partial charge on any atom is 0.166 e. The molecular formula is C22H20F2O. The molecule has 0 heterocycles. The van der Waals surface area contributed by atoms with Crippen molar-refractivity contribution < 1.29 is 13.5 Å². The van der Waals surface area contributed by atoms with Crippen LogP contribution in [0.2, 0.25) is 0 Å². The van der Waals surface area contributed by atoms with Crippen molar-refractivity contribution in [3.05, 3.63) is 89.5 Å². The van der Waals surface area contributed by atoms with E-state index < -0.39 is 11.6 Å². The van der Waals surface area contributed by atoms with Gasteiger partial charge in [-0.05, 0) is 60.5 Å². The number of aryl methyl sites for hydroxylation is 1. The first kappa shape index (κ1) is 17.2. The van der Waals surface area contributed by atoms with E-state index in [2.05, 4.69) is 36.4 Å². The first-order valence-electron chi connectivity index (χ1n) is 8.37. The van der Waals surface area contributed by atoms with E-state index in [1.165, 1.54) is 5.56 Å². The van der Waals surface area contributed by atoms with Crippen molar-refractivity contribution in [2.75, 3.05) is 0 Å². The minimum absolute atomic E-state index is 0.262. The summed E-state index contributed by atoms with van der Waals surface area (Å²) < 4.78 is 32.7. The number of hydrogen-bond donors (Lipinski definition) is 0. The molecular weight excluding hydrogens is 318 g/mol.